The van der Waals surface area contributed by atoms with E-state index in [-0.39, 0.29) is 11.2 Å². The summed E-state index contributed by atoms with van der Waals surface area (Å²) in [4.78, 5) is 14.6. The van der Waals surface area contributed by atoms with Gasteiger partial charge in [-0.05, 0) is 19.4 Å². The molecule has 0 spiro atoms. The lowest BCUT2D eigenvalue weighted by Crippen LogP contribution is -2.38. The molecule has 0 radical (unpaired) electrons. The summed E-state index contributed by atoms with van der Waals surface area (Å²) in [6.45, 7) is 8.30. The summed E-state index contributed by atoms with van der Waals surface area (Å²) in [6, 6.07) is 9.90. The molecular formula is C18H25N5O2S. The lowest BCUT2D eigenvalue weighted by Gasteiger charge is -2.27. The molecule has 1 amide bonds. The van der Waals surface area contributed by atoms with Crippen LogP contribution in [0.2, 0.25) is 0 Å². The van der Waals surface area contributed by atoms with E-state index in [9.17, 15) is 4.79 Å². The van der Waals surface area contributed by atoms with Crippen LogP contribution in [0.5, 0.6) is 0 Å². The number of hydrogen-bond donors (Lipinski definition) is 1. The predicted octanol–water partition coefficient (Wildman–Crippen LogP) is 1.93. The highest BCUT2D eigenvalue weighted by molar-refractivity contribution is 8.00. The van der Waals surface area contributed by atoms with Gasteiger partial charge in [0.1, 0.15) is 0 Å². The molecule has 0 bridgehead atoms. The maximum Gasteiger partial charge on any atom is 0.233 e. The summed E-state index contributed by atoms with van der Waals surface area (Å²) in [7, 11) is 0. The molecule has 0 saturated carbocycles. The molecule has 2 aromatic rings. The van der Waals surface area contributed by atoms with Crippen molar-refractivity contribution in [2.45, 2.75) is 37.3 Å². The monoisotopic (exact) mass is 375 g/mol. The van der Waals surface area contributed by atoms with Gasteiger partial charge in [0, 0.05) is 26.2 Å². The Labute approximate surface area is 158 Å². The summed E-state index contributed by atoms with van der Waals surface area (Å²) in [5.74, 6) is 0.854. The van der Waals surface area contributed by atoms with E-state index in [2.05, 4.69) is 31.9 Å². The van der Waals surface area contributed by atoms with Gasteiger partial charge in [-0.15, -0.1) is 10.2 Å². The number of nitrogens with one attached hydrogen (secondary N) is 1. The molecule has 1 N–H and O–H groups in total. The third kappa shape index (κ3) is 4.56. The zero-order valence-corrected chi connectivity index (χ0v) is 16.0. The number of carbonyl (C=O) groups excluding carboxylic acids is 1. The first-order valence-corrected chi connectivity index (χ1v) is 9.81. The Morgan fingerprint density at radius 3 is 2.69 bits per heavy atom. The van der Waals surface area contributed by atoms with E-state index >= 15 is 0 Å². The van der Waals surface area contributed by atoms with Crippen molar-refractivity contribution in [1.29, 1.82) is 0 Å². The van der Waals surface area contributed by atoms with E-state index < -0.39 is 0 Å². The highest BCUT2D eigenvalue weighted by Crippen LogP contribution is 2.26. The fourth-order valence-electron chi connectivity index (χ4n) is 2.78. The van der Waals surface area contributed by atoms with Gasteiger partial charge in [0.15, 0.2) is 5.16 Å². The van der Waals surface area contributed by atoms with Crippen LogP contribution in [-0.4, -0.2) is 52.2 Å². The third-order valence-electron chi connectivity index (χ3n) is 4.27. The Balaban J connectivity index is 1.60. The van der Waals surface area contributed by atoms with Gasteiger partial charge in [-0.1, -0.05) is 42.1 Å². The second-order valence-corrected chi connectivity index (χ2v) is 7.40. The maximum atomic E-state index is 12.4. The van der Waals surface area contributed by atoms with Crippen molar-refractivity contribution in [3.05, 3.63) is 35.9 Å². The van der Waals surface area contributed by atoms with Crippen LogP contribution in [0.25, 0.3) is 0 Å². The SMILES string of the molecule is CCn1c(S[C@H](C)C(=O)NCc2ccccc2)nnc1N1CCOCC1. The first-order chi connectivity index (χ1) is 12.7. The van der Waals surface area contributed by atoms with Crippen molar-refractivity contribution in [3.8, 4) is 0 Å². The summed E-state index contributed by atoms with van der Waals surface area (Å²) >= 11 is 1.44. The molecule has 8 heteroatoms. The molecule has 2 heterocycles. The number of rotatable bonds is 7. The van der Waals surface area contributed by atoms with Gasteiger partial charge in [-0.3, -0.25) is 9.36 Å². The smallest absolute Gasteiger partial charge is 0.233 e. The number of benzene rings is 1. The number of amides is 1. The van der Waals surface area contributed by atoms with E-state index in [1.165, 1.54) is 11.8 Å². The molecule has 0 unspecified atom stereocenters. The fraction of sp³-hybridized carbons (Fsp3) is 0.500. The highest BCUT2D eigenvalue weighted by Gasteiger charge is 2.23. The minimum atomic E-state index is -0.245. The van der Waals surface area contributed by atoms with Crippen LogP contribution < -0.4 is 10.2 Å². The molecule has 1 fully saturated rings. The molecule has 7 nitrogen and oxygen atoms in total. The predicted molar refractivity (Wildman–Crippen MR) is 102 cm³/mol. The van der Waals surface area contributed by atoms with E-state index in [0.717, 1.165) is 36.3 Å². The number of thioether (sulfide) groups is 1. The van der Waals surface area contributed by atoms with Crippen molar-refractivity contribution in [1.82, 2.24) is 20.1 Å². The second kappa shape index (κ2) is 9.05. The third-order valence-corrected chi connectivity index (χ3v) is 5.35. The van der Waals surface area contributed by atoms with Gasteiger partial charge < -0.3 is 15.0 Å². The Hall–Kier alpha value is -2.06. The molecule has 1 aliphatic rings. The van der Waals surface area contributed by atoms with Gasteiger partial charge in [0.2, 0.25) is 11.9 Å². The van der Waals surface area contributed by atoms with Crippen LogP contribution in [0.4, 0.5) is 5.95 Å². The number of aromatic nitrogens is 3. The zero-order chi connectivity index (χ0) is 18.4. The Kier molecular flexibility index (Phi) is 6.51. The zero-order valence-electron chi connectivity index (χ0n) is 15.2. The number of nitrogens with zero attached hydrogens (tertiary/aromatic N) is 4. The summed E-state index contributed by atoms with van der Waals surface area (Å²) < 4.78 is 7.47. The topological polar surface area (TPSA) is 72.3 Å². The Morgan fingerprint density at radius 2 is 2.00 bits per heavy atom. The standard InChI is InChI=1S/C18H25N5O2S/c1-3-23-17(22-9-11-25-12-10-22)20-21-18(23)26-14(2)16(24)19-13-15-7-5-4-6-8-15/h4-8,14H,3,9-13H2,1-2H3,(H,19,24)/t14-/m1/s1. The average Bonchev–Trinajstić information content (AvgIpc) is 3.10. The minimum absolute atomic E-state index is 0.00238. The molecule has 1 atom stereocenters. The number of hydrogen-bond acceptors (Lipinski definition) is 6. The number of anilines is 1. The molecule has 3 rings (SSSR count). The first-order valence-electron chi connectivity index (χ1n) is 8.93. The molecular weight excluding hydrogens is 350 g/mol. The lowest BCUT2D eigenvalue weighted by molar-refractivity contribution is -0.120. The summed E-state index contributed by atoms with van der Waals surface area (Å²) in [5, 5.41) is 12.2. The average molecular weight is 375 g/mol. The quantitative estimate of drug-likeness (QED) is 0.746. The molecule has 0 aliphatic carbocycles. The van der Waals surface area contributed by atoms with Crippen molar-refractivity contribution in [3.63, 3.8) is 0 Å². The van der Waals surface area contributed by atoms with E-state index in [1.807, 2.05) is 37.3 Å². The molecule has 1 saturated heterocycles. The van der Waals surface area contributed by atoms with Gasteiger partial charge >= 0.3 is 0 Å². The second-order valence-electron chi connectivity index (χ2n) is 6.09. The summed E-state index contributed by atoms with van der Waals surface area (Å²) in [6.07, 6.45) is 0. The van der Waals surface area contributed by atoms with Gasteiger partial charge in [0.25, 0.3) is 0 Å². The van der Waals surface area contributed by atoms with Crippen LogP contribution >= 0.6 is 11.8 Å². The Bertz CT molecular complexity index is 716. The van der Waals surface area contributed by atoms with Gasteiger partial charge in [0.05, 0.1) is 18.5 Å². The van der Waals surface area contributed by atoms with E-state index in [4.69, 9.17) is 4.74 Å². The normalized spacial score (nSPS) is 15.7. The first kappa shape index (κ1) is 18.7. The van der Waals surface area contributed by atoms with E-state index in [1.54, 1.807) is 0 Å². The van der Waals surface area contributed by atoms with Gasteiger partial charge in [-0.2, -0.15) is 0 Å². The summed E-state index contributed by atoms with van der Waals surface area (Å²) in [5.41, 5.74) is 1.09. The van der Waals surface area contributed by atoms with Crippen molar-refractivity contribution >= 4 is 23.6 Å². The highest BCUT2D eigenvalue weighted by atomic mass is 32.2. The van der Waals surface area contributed by atoms with E-state index in [0.29, 0.717) is 19.8 Å². The molecule has 1 aromatic heterocycles. The van der Waals surface area contributed by atoms with Crippen LogP contribution in [0.3, 0.4) is 0 Å². The molecule has 1 aliphatic heterocycles. The maximum absolute atomic E-state index is 12.4. The van der Waals surface area contributed by atoms with Crippen molar-refractivity contribution in [2.75, 3.05) is 31.2 Å². The molecule has 140 valence electrons. The van der Waals surface area contributed by atoms with Crippen LogP contribution in [-0.2, 0) is 22.6 Å². The molecule has 1 aromatic carbocycles. The van der Waals surface area contributed by atoms with Crippen molar-refractivity contribution < 1.29 is 9.53 Å². The van der Waals surface area contributed by atoms with Crippen LogP contribution in [0.15, 0.2) is 35.5 Å². The van der Waals surface area contributed by atoms with Crippen LogP contribution in [0.1, 0.15) is 19.4 Å². The molecule has 26 heavy (non-hydrogen) atoms. The van der Waals surface area contributed by atoms with Crippen LogP contribution in [0, 0.1) is 0 Å². The number of carbonyl (C=O) groups is 1. The Morgan fingerprint density at radius 1 is 1.27 bits per heavy atom. The minimum Gasteiger partial charge on any atom is -0.378 e. The number of ether oxygens (including phenoxy) is 1. The van der Waals surface area contributed by atoms with Crippen molar-refractivity contribution in [2.24, 2.45) is 0 Å². The number of morpholine rings is 1. The fourth-order valence-corrected chi connectivity index (χ4v) is 3.72. The lowest BCUT2D eigenvalue weighted by atomic mass is 10.2. The van der Waals surface area contributed by atoms with Gasteiger partial charge in [-0.25, -0.2) is 0 Å². The largest absolute Gasteiger partial charge is 0.378 e.